The molecule has 1 atom stereocenters. The van der Waals surface area contributed by atoms with Gasteiger partial charge in [-0.05, 0) is 99.0 Å². The van der Waals surface area contributed by atoms with Gasteiger partial charge in [0.25, 0.3) is 0 Å². The van der Waals surface area contributed by atoms with Crippen molar-refractivity contribution in [2.24, 2.45) is 0 Å². The van der Waals surface area contributed by atoms with E-state index in [0.717, 1.165) is 17.9 Å². The van der Waals surface area contributed by atoms with Gasteiger partial charge >= 0.3 is 0 Å². The molecule has 0 radical (unpaired) electrons. The van der Waals surface area contributed by atoms with E-state index in [1.807, 2.05) is 0 Å². The molecular formula is C49H33NO. The molecule has 2 aliphatic carbocycles. The molecule has 2 heteroatoms. The van der Waals surface area contributed by atoms with E-state index in [1.165, 1.54) is 78.2 Å². The van der Waals surface area contributed by atoms with Crippen LogP contribution in [0.2, 0.25) is 0 Å². The normalized spacial score (nSPS) is 16.9. The first kappa shape index (κ1) is 28.5. The van der Waals surface area contributed by atoms with E-state index in [0.29, 0.717) is 6.04 Å². The fourth-order valence-electron chi connectivity index (χ4n) is 9.29. The lowest BCUT2D eigenvalue weighted by Crippen LogP contribution is -2.32. The molecule has 0 bridgehead atoms. The zero-order valence-electron chi connectivity index (χ0n) is 28.0. The first-order valence-electron chi connectivity index (χ1n) is 17.9. The Kier molecular flexibility index (Phi) is 6.03. The van der Waals surface area contributed by atoms with Crippen molar-refractivity contribution in [3.63, 3.8) is 0 Å². The zero-order chi connectivity index (χ0) is 33.5. The second kappa shape index (κ2) is 10.8. The summed E-state index contributed by atoms with van der Waals surface area (Å²) in [7, 11) is 0. The molecule has 0 saturated carbocycles. The Morgan fingerprint density at radius 3 is 1.84 bits per heavy atom. The number of ether oxygens (including phenoxy) is 1. The summed E-state index contributed by atoms with van der Waals surface area (Å²) in [6.45, 7) is 0. The minimum absolute atomic E-state index is 0.300. The highest BCUT2D eigenvalue weighted by Crippen LogP contribution is 2.62. The molecule has 0 amide bonds. The van der Waals surface area contributed by atoms with Crippen molar-refractivity contribution in [2.75, 3.05) is 4.90 Å². The largest absolute Gasteiger partial charge is 0.457 e. The van der Waals surface area contributed by atoms with Crippen LogP contribution in [0.4, 0.5) is 11.4 Å². The van der Waals surface area contributed by atoms with Gasteiger partial charge in [-0.25, -0.2) is 0 Å². The Labute approximate surface area is 298 Å². The van der Waals surface area contributed by atoms with Gasteiger partial charge in [-0.1, -0.05) is 140 Å². The lowest BCUT2D eigenvalue weighted by molar-refractivity contribution is 0.436. The van der Waals surface area contributed by atoms with Crippen LogP contribution < -0.4 is 9.64 Å². The Hall–Kier alpha value is -6.38. The summed E-state index contributed by atoms with van der Waals surface area (Å²) >= 11 is 0. The molecule has 1 spiro atoms. The highest BCUT2D eigenvalue weighted by Gasteiger charge is 2.51. The van der Waals surface area contributed by atoms with E-state index in [2.05, 4.69) is 187 Å². The molecule has 4 aliphatic rings. The van der Waals surface area contributed by atoms with Crippen LogP contribution in [-0.2, 0) is 5.41 Å². The highest BCUT2D eigenvalue weighted by molar-refractivity contribution is 5.98. The van der Waals surface area contributed by atoms with Crippen molar-refractivity contribution in [1.82, 2.24) is 0 Å². The minimum atomic E-state index is -0.464. The predicted molar refractivity (Wildman–Crippen MR) is 209 cm³/mol. The number of hydrogen-bond donors (Lipinski definition) is 0. The number of rotatable bonds is 3. The summed E-state index contributed by atoms with van der Waals surface area (Å²) in [6.07, 6.45) is 5.79. The van der Waals surface area contributed by atoms with Gasteiger partial charge in [0.15, 0.2) is 0 Å². The van der Waals surface area contributed by atoms with Gasteiger partial charge in [0.2, 0.25) is 0 Å². The third-order valence-electron chi connectivity index (χ3n) is 11.5. The Morgan fingerprint density at radius 1 is 0.490 bits per heavy atom. The van der Waals surface area contributed by atoms with Gasteiger partial charge in [-0.3, -0.25) is 0 Å². The van der Waals surface area contributed by atoms with Gasteiger partial charge in [0.1, 0.15) is 11.5 Å². The van der Waals surface area contributed by atoms with Gasteiger partial charge < -0.3 is 9.64 Å². The van der Waals surface area contributed by atoms with E-state index in [-0.39, 0.29) is 0 Å². The fraction of sp³-hybridized carbons (Fsp3) is 0.0612. The average Bonchev–Trinajstić information content (AvgIpc) is 3.69. The van der Waals surface area contributed by atoms with Crippen molar-refractivity contribution in [1.29, 1.82) is 0 Å². The van der Waals surface area contributed by atoms with Crippen molar-refractivity contribution < 1.29 is 4.74 Å². The van der Waals surface area contributed by atoms with E-state index in [4.69, 9.17) is 4.74 Å². The minimum Gasteiger partial charge on any atom is -0.457 e. The average molecular weight is 652 g/mol. The number of para-hydroxylation sites is 3. The van der Waals surface area contributed by atoms with Crippen LogP contribution in [0.25, 0.3) is 33.4 Å². The standard InChI is InChI=1S/C49H33NO/c1-2-12-36(13-3-1)50-45-20-10-6-16-39(45)40-30-34(26-28-46(40)50)32-22-24-33(25-23-32)35-27-29-48-44(31-35)49(43-19-9-11-21-47(43)51-48)41-17-7-4-14-37(41)38-15-5-8-18-42(38)49/h1-27,29-31,46H,28H2. The molecule has 0 N–H and O–H groups in total. The number of benzene rings is 7. The summed E-state index contributed by atoms with van der Waals surface area (Å²) in [6, 6.07) is 62.2. The molecule has 7 aromatic carbocycles. The van der Waals surface area contributed by atoms with Crippen LogP contribution in [0, 0.1) is 0 Å². The zero-order valence-corrected chi connectivity index (χ0v) is 28.0. The summed E-state index contributed by atoms with van der Waals surface area (Å²) in [4.78, 5) is 2.50. The molecule has 0 saturated heterocycles. The number of anilines is 2. The molecule has 0 aromatic heterocycles. The lowest BCUT2D eigenvalue weighted by Gasteiger charge is -2.39. The van der Waals surface area contributed by atoms with Crippen molar-refractivity contribution >= 4 is 22.5 Å². The van der Waals surface area contributed by atoms with Crippen molar-refractivity contribution in [2.45, 2.75) is 17.9 Å². The van der Waals surface area contributed by atoms with Crippen molar-refractivity contribution in [3.05, 3.63) is 215 Å². The van der Waals surface area contributed by atoms with E-state index < -0.39 is 5.41 Å². The molecule has 2 heterocycles. The Balaban J connectivity index is 0.991. The molecule has 0 fully saturated rings. The molecule has 11 rings (SSSR count). The first-order valence-corrected chi connectivity index (χ1v) is 17.9. The summed E-state index contributed by atoms with van der Waals surface area (Å²) in [5.41, 5.74) is 17.3. The van der Waals surface area contributed by atoms with E-state index >= 15 is 0 Å². The van der Waals surface area contributed by atoms with Crippen LogP contribution in [0.1, 0.15) is 39.8 Å². The third kappa shape index (κ3) is 3.99. The van der Waals surface area contributed by atoms with Crippen LogP contribution in [-0.4, -0.2) is 6.04 Å². The molecule has 240 valence electrons. The summed E-state index contributed by atoms with van der Waals surface area (Å²) in [5, 5.41) is 0. The van der Waals surface area contributed by atoms with Gasteiger partial charge in [0, 0.05) is 28.1 Å². The monoisotopic (exact) mass is 651 g/mol. The predicted octanol–water partition coefficient (Wildman–Crippen LogP) is 12.2. The summed E-state index contributed by atoms with van der Waals surface area (Å²) in [5.74, 6) is 1.83. The molecule has 1 unspecified atom stereocenters. The summed E-state index contributed by atoms with van der Waals surface area (Å²) < 4.78 is 6.66. The van der Waals surface area contributed by atoms with Crippen LogP contribution in [0.5, 0.6) is 11.5 Å². The van der Waals surface area contributed by atoms with Crippen LogP contribution in [0.15, 0.2) is 182 Å². The molecular weight excluding hydrogens is 619 g/mol. The maximum atomic E-state index is 6.66. The number of hydrogen-bond acceptors (Lipinski definition) is 2. The smallest absolute Gasteiger partial charge is 0.132 e. The van der Waals surface area contributed by atoms with Crippen molar-refractivity contribution in [3.8, 4) is 33.8 Å². The number of fused-ring (bicyclic) bond motifs is 12. The second-order valence-electron chi connectivity index (χ2n) is 14.0. The molecule has 2 nitrogen and oxygen atoms in total. The maximum absolute atomic E-state index is 6.66. The number of nitrogens with zero attached hydrogens (tertiary/aromatic N) is 1. The quantitative estimate of drug-likeness (QED) is 0.188. The fourth-order valence-corrected chi connectivity index (χ4v) is 9.29. The van der Waals surface area contributed by atoms with Gasteiger partial charge in [-0.2, -0.15) is 0 Å². The molecule has 7 aromatic rings. The lowest BCUT2D eigenvalue weighted by atomic mass is 9.66. The highest BCUT2D eigenvalue weighted by atomic mass is 16.5. The SMILES string of the molecule is C1=C(c2ccc(-c3ccc4c(c3)C3(c5ccccc5O4)c4ccccc4-c4ccccc43)cc2)C=C2c3ccccc3N(c3ccccc3)C2C1. The number of allylic oxidation sites excluding steroid dienone is 2. The first-order chi connectivity index (χ1) is 25.3. The van der Waals surface area contributed by atoms with Crippen LogP contribution >= 0.6 is 0 Å². The van der Waals surface area contributed by atoms with Gasteiger partial charge in [0.05, 0.1) is 11.5 Å². The maximum Gasteiger partial charge on any atom is 0.132 e. The van der Waals surface area contributed by atoms with E-state index in [1.54, 1.807) is 0 Å². The van der Waals surface area contributed by atoms with Crippen LogP contribution in [0.3, 0.4) is 0 Å². The third-order valence-corrected chi connectivity index (χ3v) is 11.5. The Morgan fingerprint density at radius 2 is 1.08 bits per heavy atom. The molecule has 51 heavy (non-hydrogen) atoms. The van der Waals surface area contributed by atoms with E-state index in [9.17, 15) is 0 Å². The topological polar surface area (TPSA) is 12.5 Å². The van der Waals surface area contributed by atoms with Gasteiger partial charge in [-0.15, -0.1) is 0 Å². The molecule has 2 aliphatic heterocycles. The second-order valence-corrected chi connectivity index (χ2v) is 14.0. The Bertz CT molecular complexity index is 2550.